The van der Waals surface area contributed by atoms with Crippen molar-refractivity contribution in [3.8, 4) is 0 Å². The van der Waals surface area contributed by atoms with Crippen LogP contribution in [0.3, 0.4) is 0 Å². The summed E-state index contributed by atoms with van der Waals surface area (Å²) < 4.78 is 0. The molecule has 0 aliphatic carbocycles. The Morgan fingerprint density at radius 3 is 2.57 bits per heavy atom. The number of aliphatic carboxylic acids is 1. The quantitative estimate of drug-likeness (QED) is 0.846. The first-order valence-electron chi connectivity index (χ1n) is 6.13. The van der Waals surface area contributed by atoms with Gasteiger partial charge in [-0.15, -0.1) is 0 Å². The molecule has 2 N–H and O–H groups in total. The van der Waals surface area contributed by atoms with Crippen LogP contribution in [0, 0.1) is 0 Å². The summed E-state index contributed by atoms with van der Waals surface area (Å²) in [5, 5.41) is 11.7. The number of carboxylic acids is 1. The molecule has 2 aromatic carbocycles. The van der Waals surface area contributed by atoms with Crippen molar-refractivity contribution in [1.82, 2.24) is 0 Å². The van der Waals surface area contributed by atoms with E-state index in [4.69, 9.17) is 16.7 Å². The van der Waals surface area contributed by atoms with E-state index < -0.39 is 5.97 Å². The second-order valence-electron chi connectivity index (χ2n) is 4.23. The van der Waals surface area contributed by atoms with E-state index in [9.17, 15) is 9.59 Å². The summed E-state index contributed by atoms with van der Waals surface area (Å²) in [6, 6.07) is 13.6. The highest BCUT2D eigenvalue weighted by atomic mass is 35.5. The minimum atomic E-state index is -1.03. The molecule has 5 heteroatoms. The summed E-state index contributed by atoms with van der Waals surface area (Å²) in [5.41, 5.74) is 1.62. The van der Waals surface area contributed by atoms with Crippen molar-refractivity contribution in [2.24, 2.45) is 0 Å². The molecule has 106 valence electrons. The normalized spacial score (nSPS) is 10.5. The third-order valence-electron chi connectivity index (χ3n) is 2.68. The predicted molar refractivity (Wildman–Crippen MR) is 82.5 cm³/mol. The van der Waals surface area contributed by atoms with Crippen LogP contribution in [-0.2, 0) is 4.79 Å². The molecule has 0 heterocycles. The van der Waals surface area contributed by atoms with Crippen LogP contribution in [0.1, 0.15) is 15.9 Å². The summed E-state index contributed by atoms with van der Waals surface area (Å²) in [5.74, 6) is -1.35. The van der Waals surface area contributed by atoms with Crippen LogP contribution in [-0.4, -0.2) is 17.0 Å². The number of hydrogen-bond acceptors (Lipinski definition) is 2. The van der Waals surface area contributed by atoms with Crippen molar-refractivity contribution in [2.75, 3.05) is 5.32 Å². The molecule has 0 saturated carbocycles. The van der Waals surface area contributed by atoms with Crippen molar-refractivity contribution in [2.45, 2.75) is 0 Å². The Hall–Kier alpha value is -2.59. The first kappa shape index (κ1) is 14.8. The van der Waals surface area contributed by atoms with Crippen LogP contribution in [0.2, 0.25) is 5.02 Å². The van der Waals surface area contributed by atoms with E-state index in [1.165, 1.54) is 6.08 Å². The Morgan fingerprint density at radius 1 is 1.10 bits per heavy atom. The van der Waals surface area contributed by atoms with Gasteiger partial charge < -0.3 is 10.4 Å². The Balaban J connectivity index is 2.17. The van der Waals surface area contributed by atoms with Gasteiger partial charge in [0.05, 0.1) is 10.6 Å². The first-order chi connectivity index (χ1) is 10.1. The summed E-state index contributed by atoms with van der Waals surface area (Å²) in [7, 11) is 0. The molecular weight excluding hydrogens is 290 g/mol. The van der Waals surface area contributed by atoms with Gasteiger partial charge in [0, 0.05) is 11.8 Å². The number of carboxylic acid groups (broad SMARTS) is 1. The third-order valence-corrected chi connectivity index (χ3v) is 3.01. The van der Waals surface area contributed by atoms with Gasteiger partial charge >= 0.3 is 5.97 Å². The maximum absolute atomic E-state index is 12.1. The van der Waals surface area contributed by atoms with E-state index in [1.54, 1.807) is 48.5 Å². The van der Waals surface area contributed by atoms with Gasteiger partial charge in [0.25, 0.3) is 5.91 Å². The van der Waals surface area contributed by atoms with Crippen LogP contribution in [0.25, 0.3) is 6.08 Å². The number of anilines is 1. The van der Waals surface area contributed by atoms with Crippen LogP contribution >= 0.6 is 11.6 Å². The molecule has 0 fully saturated rings. The number of rotatable bonds is 4. The van der Waals surface area contributed by atoms with E-state index >= 15 is 0 Å². The van der Waals surface area contributed by atoms with Crippen molar-refractivity contribution < 1.29 is 14.7 Å². The van der Waals surface area contributed by atoms with E-state index in [0.29, 0.717) is 21.8 Å². The van der Waals surface area contributed by atoms with Crippen LogP contribution in [0.15, 0.2) is 54.6 Å². The average molecular weight is 302 g/mol. The SMILES string of the molecule is O=C(O)/C=C/c1cccc(NC(=O)c2ccccc2Cl)c1. The summed E-state index contributed by atoms with van der Waals surface area (Å²) in [6.07, 6.45) is 2.49. The molecular formula is C16H12ClNO3. The number of benzene rings is 2. The van der Waals surface area contributed by atoms with Gasteiger partial charge in [-0.2, -0.15) is 0 Å². The summed E-state index contributed by atoms with van der Waals surface area (Å²) >= 11 is 5.96. The largest absolute Gasteiger partial charge is 0.478 e. The van der Waals surface area contributed by atoms with E-state index in [2.05, 4.69) is 5.32 Å². The summed E-state index contributed by atoms with van der Waals surface area (Å²) in [6.45, 7) is 0. The highest BCUT2D eigenvalue weighted by molar-refractivity contribution is 6.34. The molecule has 0 spiro atoms. The Morgan fingerprint density at radius 2 is 1.86 bits per heavy atom. The van der Waals surface area contributed by atoms with Crippen LogP contribution in [0.5, 0.6) is 0 Å². The van der Waals surface area contributed by atoms with Gasteiger partial charge in [-0.25, -0.2) is 4.79 Å². The lowest BCUT2D eigenvalue weighted by Crippen LogP contribution is -2.12. The number of carbonyl (C=O) groups is 2. The van der Waals surface area contributed by atoms with E-state index in [1.807, 2.05) is 0 Å². The maximum atomic E-state index is 12.1. The fraction of sp³-hybridized carbons (Fsp3) is 0. The zero-order valence-electron chi connectivity index (χ0n) is 10.9. The monoisotopic (exact) mass is 301 g/mol. The number of halogens is 1. The smallest absolute Gasteiger partial charge is 0.328 e. The minimum Gasteiger partial charge on any atom is -0.478 e. The molecule has 0 aliphatic rings. The van der Waals surface area contributed by atoms with Gasteiger partial charge in [-0.3, -0.25) is 4.79 Å². The fourth-order valence-electron chi connectivity index (χ4n) is 1.73. The van der Waals surface area contributed by atoms with E-state index in [0.717, 1.165) is 6.08 Å². The minimum absolute atomic E-state index is 0.319. The molecule has 0 unspecified atom stereocenters. The Labute approximate surface area is 126 Å². The second-order valence-corrected chi connectivity index (χ2v) is 4.64. The summed E-state index contributed by atoms with van der Waals surface area (Å²) in [4.78, 5) is 22.6. The fourth-order valence-corrected chi connectivity index (χ4v) is 1.95. The van der Waals surface area contributed by atoms with Gasteiger partial charge in [0.15, 0.2) is 0 Å². The topological polar surface area (TPSA) is 66.4 Å². The van der Waals surface area contributed by atoms with Crippen molar-refractivity contribution in [3.05, 3.63) is 70.8 Å². The Kier molecular flexibility index (Phi) is 4.74. The number of amides is 1. The molecule has 1 amide bonds. The molecule has 4 nitrogen and oxygen atoms in total. The number of carbonyl (C=O) groups excluding carboxylic acids is 1. The van der Waals surface area contributed by atoms with Crippen molar-refractivity contribution in [3.63, 3.8) is 0 Å². The molecule has 0 bridgehead atoms. The molecule has 0 radical (unpaired) electrons. The van der Waals surface area contributed by atoms with Gasteiger partial charge in [-0.1, -0.05) is 35.9 Å². The second kappa shape index (κ2) is 6.72. The highest BCUT2D eigenvalue weighted by Gasteiger charge is 2.09. The molecule has 0 aliphatic heterocycles. The lowest BCUT2D eigenvalue weighted by Gasteiger charge is -2.07. The van der Waals surface area contributed by atoms with Gasteiger partial charge in [0.1, 0.15) is 0 Å². The van der Waals surface area contributed by atoms with Gasteiger partial charge in [0.2, 0.25) is 0 Å². The zero-order valence-corrected chi connectivity index (χ0v) is 11.7. The molecule has 2 rings (SSSR count). The number of nitrogens with one attached hydrogen (secondary N) is 1. The van der Waals surface area contributed by atoms with E-state index in [-0.39, 0.29) is 5.91 Å². The van der Waals surface area contributed by atoms with Gasteiger partial charge in [-0.05, 0) is 35.9 Å². The van der Waals surface area contributed by atoms with Crippen LogP contribution < -0.4 is 5.32 Å². The maximum Gasteiger partial charge on any atom is 0.328 e. The Bertz CT molecular complexity index is 710. The zero-order chi connectivity index (χ0) is 15.2. The number of hydrogen-bond donors (Lipinski definition) is 2. The molecule has 2 aromatic rings. The van der Waals surface area contributed by atoms with Crippen molar-refractivity contribution in [1.29, 1.82) is 0 Å². The average Bonchev–Trinajstić information content (AvgIpc) is 2.46. The van der Waals surface area contributed by atoms with Crippen LogP contribution in [0.4, 0.5) is 5.69 Å². The molecule has 0 saturated heterocycles. The lowest BCUT2D eigenvalue weighted by atomic mass is 10.1. The predicted octanol–water partition coefficient (Wildman–Crippen LogP) is 3.69. The standard InChI is InChI=1S/C16H12ClNO3/c17-14-7-2-1-6-13(14)16(21)18-12-5-3-4-11(10-12)8-9-15(19)20/h1-10H,(H,18,21)(H,19,20)/b9-8+. The molecule has 21 heavy (non-hydrogen) atoms. The van der Waals surface area contributed by atoms with Crippen molar-refractivity contribution >= 4 is 35.2 Å². The molecule has 0 atom stereocenters. The molecule has 0 aromatic heterocycles. The third kappa shape index (κ3) is 4.19. The lowest BCUT2D eigenvalue weighted by molar-refractivity contribution is -0.131. The first-order valence-corrected chi connectivity index (χ1v) is 6.51. The highest BCUT2D eigenvalue weighted by Crippen LogP contribution is 2.18.